The van der Waals surface area contributed by atoms with Crippen LogP contribution in [0.25, 0.3) is 0 Å². The average molecular weight is 447 g/mol. The molecule has 0 aliphatic heterocycles. The number of imide groups is 1. The Morgan fingerprint density at radius 2 is 1.39 bits per heavy atom. The van der Waals surface area contributed by atoms with E-state index >= 15 is 0 Å². The highest BCUT2D eigenvalue weighted by Crippen LogP contribution is 2.23. The third-order valence-corrected chi connectivity index (χ3v) is 4.85. The number of methoxy groups -OCH3 is 2. The van der Waals surface area contributed by atoms with Crippen LogP contribution in [0.3, 0.4) is 0 Å². The van der Waals surface area contributed by atoms with Crippen LogP contribution in [-0.4, -0.2) is 38.6 Å². The Bertz CT molecular complexity index is 1110. The molecule has 4 amide bonds. The van der Waals surface area contributed by atoms with Gasteiger partial charge in [0.05, 0.1) is 19.9 Å². The van der Waals surface area contributed by atoms with Crippen molar-refractivity contribution in [3.63, 3.8) is 0 Å². The molecule has 0 spiro atoms. The van der Waals surface area contributed by atoms with Gasteiger partial charge in [0.1, 0.15) is 11.5 Å². The summed E-state index contributed by atoms with van der Waals surface area (Å²) < 4.78 is 10.3. The van der Waals surface area contributed by atoms with E-state index in [2.05, 4.69) is 16.0 Å². The maximum absolute atomic E-state index is 12.5. The van der Waals surface area contributed by atoms with Crippen LogP contribution in [0.15, 0.2) is 72.8 Å². The average Bonchev–Trinajstić information content (AvgIpc) is 2.84. The van der Waals surface area contributed by atoms with Crippen LogP contribution in [0, 0.1) is 0 Å². The molecule has 0 saturated heterocycles. The van der Waals surface area contributed by atoms with Gasteiger partial charge in [-0.15, -0.1) is 0 Å². The largest absolute Gasteiger partial charge is 0.497 e. The first-order valence-corrected chi connectivity index (χ1v) is 10.3. The lowest BCUT2D eigenvalue weighted by molar-refractivity contribution is 0.0961. The van der Waals surface area contributed by atoms with Crippen molar-refractivity contribution in [2.75, 3.05) is 26.1 Å². The van der Waals surface area contributed by atoms with E-state index in [0.717, 1.165) is 11.3 Å². The quantitative estimate of drug-likeness (QED) is 0.489. The predicted octanol–water partition coefficient (Wildman–Crippen LogP) is 3.64. The number of ether oxygens (including phenoxy) is 2. The van der Waals surface area contributed by atoms with E-state index in [4.69, 9.17) is 9.47 Å². The normalized spacial score (nSPS) is 10.1. The molecule has 0 aliphatic carbocycles. The van der Waals surface area contributed by atoms with Crippen molar-refractivity contribution >= 4 is 23.5 Å². The van der Waals surface area contributed by atoms with Gasteiger partial charge in [0, 0.05) is 17.7 Å². The van der Waals surface area contributed by atoms with Gasteiger partial charge in [-0.2, -0.15) is 0 Å². The number of para-hydroxylation sites is 2. The summed E-state index contributed by atoms with van der Waals surface area (Å²) in [5.74, 6) is 0.398. The standard InChI is InChI=1S/C25H25N3O5/c1-32-20-13-7-17(8-14-20)15-16-26-25(31)28-24(30)19-11-9-18(10-12-19)23(29)27-21-5-3-4-6-22(21)33-2/h3-14H,15-16H2,1-2H3,(H,27,29)(H2,26,28,30,31). The predicted molar refractivity (Wildman–Crippen MR) is 125 cm³/mol. The minimum absolute atomic E-state index is 0.258. The zero-order valence-electron chi connectivity index (χ0n) is 18.4. The van der Waals surface area contributed by atoms with Crippen molar-refractivity contribution < 1.29 is 23.9 Å². The highest BCUT2D eigenvalue weighted by Gasteiger charge is 2.13. The highest BCUT2D eigenvalue weighted by molar-refractivity contribution is 6.07. The number of anilines is 1. The Balaban J connectivity index is 1.48. The summed E-state index contributed by atoms with van der Waals surface area (Å²) in [6, 6.07) is 20.0. The number of urea groups is 1. The van der Waals surface area contributed by atoms with Gasteiger partial charge in [0.25, 0.3) is 11.8 Å². The lowest BCUT2D eigenvalue weighted by atomic mass is 10.1. The summed E-state index contributed by atoms with van der Waals surface area (Å²) in [6.45, 7) is 0.369. The van der Waals surface area contributed by atoms with E-state index < -0.39 is 11.9 Å². The topological polar surface area (TPSA) is 106 Å². The number of amides is 4. The summed E-state index contributed by atoms with van der Waals surface area (Å²) in [4.78, 5) is 36.8. The molecular weight excluding hydrogens is 422 g/mol. The van der Waals surface area contributed by atoms with Crippen LogP contribution in [-0.2, 0) is 6.42 Å². The van der Waals surface area contributed by atoms with Gasteiger partial charge in [0.15, 0.2) is 0 Å². The van der Waals surface area contributed by atoms with Gasteiger partial charge in [-0.3, -0.25) is 14.9 Å². The van der Waals surface area contributed by atoms with Gasteiger partial charge in [-0.1, -0.05) is 24.3 Å². The first kappa shape index (κ1) is 23.3. The number of nitrogens with one attached hydrogen (secondary N) is 3. The third kappa shape index (κ3) is 6.57. The van der Waals surface area contributed by atoms with Gasteiger partial charge < -0.3 is 20.1 Å². The summed E-state index contributed by atoms with van der Waals surface area (Å²) in [7, 11) is 3.12. The zero-order valence-corrected chi connectivity index (χ0v) is 18.4. The molecule has 33 heavy (non-hydrogen) atoms. The van der Waals surface area contributed by atoms with Crippen LogP contribution in [0.1, 0.15) is 26.3 Å². The van der Waals surface area contributed by atoms with Crippen molar-refractivity contribution in [2.24, 2.45) is 0 Å². The van der Waals surface area contributed by atoms with E-state index in [1.54, 1.807) is 31.4 Å². The highest BCUT2D eigenvalue weighted by atomic mass is 16.5. The van der Waals surface area contributed by atoms with E-state index in [1.165, 1.54) is 31.4 Å². The Hall–Kier alpha value is -4.33. The minimum Gasteiger partial charge on any atom is -0.497 e. The molecule has 3 aromatic carbocycles. The second-order valence-electron chi connectivity index (χ2n) is 7.04. The number of carbonyl (C=O) groups excluding carboxylic acids is 3. The number of rotatable bonds is 8. The SMILES string of the molecule is COc1ccc(CCNC(=O)NC(=O)c2ccc(C(=O)Nc3ccccc3OC)cc2)cc1. The lowest BCUT2D eigenvalue weighted by Crippen LogP contribution is -2.40. The molecular formula is C25H25N3O5. The van der Waals surface area contributed by atoms with Gasteiger partial charge in [-0.05, 0) is 60.5 Å². The lowest BCUT2D eigenvalue weighted by Gasteiger charge is -2.10. The number of carbonyl (C=O) groups is 3. The number of benzene rings is 3. The smallest absolute Gasteiger partial charge is 0.321 e. The molecule has 3 N–H and O–H groups in total. The molecule has 0 atom stereocenters. The Kier molecular flexibility index (Phi) is 8.02. The molecule has 0 bridgehead atoms. The molecule has 8 heteroatoms. The zero-order chi connectivity index (χ0) is 23.6. The molecule has 0 aromatic heterocycles. The van der Waals surface area contributed by atoms with E-state index in [9.17, 15) is 14.4 Å². The van der Waals surface area contributed by atoms with Crippen molar-refractivity contribution in [2.45, 2.75) is 6.42 Å². The van der Waals surface area contributed by atoms with Gasteiger partial charge in [-0.25, -0.2) is 4.79 Å². The number of hydrogen-bond donors (Lipinski definition) is 3. The van der Waals surface area contributed by atoms with E-state index in [0.29, 0.717) is 30.0 Å². The molecule has 3 rings (SSSR count). The number of hydrogen-bond acceptors (Lipinski definition) is 5. The summed E-state index contributed by atoms with van der Waals surface area (Å²) in [6.07, 6.45) is 0.613. The Morgan fingerprint density at radius 1 is 0.758 bits per heavy atom. The van der Waals surface area contributed by atoms with Crippen molar-refractivity contribution in [3.05, 3.63) is 89.5 Å². The van der Waals surface area contributed by atoms with Crippen LogP contribution in [0.5, 0.6) is 11.5 Å². The Morgan fingerprint density at radius 3 is 2.03 bits per heavy atom. The molecule has 0 heterocycles. The van der Waals surface area contributed by atoms with Crippen LogP contribution in [0.4, 0.5) is 10.5 Å². The summed E-state index contributed by atoms with van der Waals surface area (Å²) in [5, 5.41) is 7.69. The maximum atomic E-state index is 12.5. The summed E-state index contributed by atoms with van der Waals surface area (Å²) >= 11 is 0. The fourth-order valence-electron chi connectivity index (χ4n) is 3.05. The monoisotopic (exact) mass is 447 g/mol. The molecule has 0 saturated carbocycles. The summed E-state index contributed by atoms with van der Waals surface area (Å²) in [5.41, 5.74) is 2.19. The van der Waals surface area contributed by atoms with Crippen LogP contribution in [0.2, 0.25) is 0 Å². The fraction of sp³-hybridized carbons (Fsp3) is 0.160. The molecule has 3 aromatic rings. The molecule has 0 unspecified atom stereocenters. The van der Waals surface area contributed by atoms with Crippen molar-refractivity contribution in [3.8, 4) is 11.5 Å². The van der Waals surface area contributed by atoms with Gasteiger partial charge in [0.2, 0.25) is 0 Å². The molecule has 170 valence electrons. The molecule has 0 radical (unpaired) electrons. The minimum atomic E-state index is -0.591. The first-order valence-electron chi connectivity index (χ1n) is 10.3. The third-order valence-electron chi connectivity index (χ3n) is 4.85. The van der Waals surface area contributed by atoms with Crippen molar-refractivity contribution in [1.82, 2.24) is 10.6 Å². The van der Waals surface area contributed by atoms with Crippen LogP contribution >= 0.6 is 0 Å². The second kappa shape index (κ2) is 11.3. The van der Waals surface area contributed by atoms with Crippen LogP contribution < -0.4 is 25.4 Å². The van der Waals surface area contributed by atoms with Crippen molar-refractivity contribution in [1.29, 1.82) is 0 Å². The van der Waals surface area contributed by atoms with Gasteiger partial charge >= 0.3 is 6.03 Å². The second-order valence-corrected chi connectivity index (χ2v) is 7.04. The fourth-order valence-corrected chi connectivity index (χ4v) is 3.05. The Labute approximate surface area is 191 Å². The molecule has 8 nitrogen and oxygen atoms in total. The molecule has 0 aliphatic rings. The maximum Gasteiger partial charge on any atom is 0.321 e. The first-order chi connectivity index (χ1) is 16.0. The molecule has 0 fully saturated rings. The van der Waals surface area contributed by atoms with E-state index in [1.807, 2.05) is 24.3 Å². The van der Waals surface area contributed by atoms with E-state index in [-0.39, 0.29) is 11.5 Å².